The maximum Gasteiger partial charge on any atom is 0.328 e. The summed E-state index contributed by atoms with van der Waals surface area (Å²) in [6, 6.07) is 15.7. The number of nitrogens with two attached hydrogens (primary N) is 1. The quantitative estimate of drug-likeness (QED) is 0.0821. The van der Waals surface area contributed by atoms with Crippen LogP contribution in [0.1, 0.15) is 42.3 Å². The molecule has 1 aliphatic heterocycles. The number of carboxylic acid groups (broad SMARTS) is 6. The molecule has 9 N–H and O–H groups in total. The van der Waals surface area contributed by atoms with Gasteiger partial charge in [0.25, 0.3) is 5.91 Å². The van der Waals surface area contributed by atoms with Gasteiger partial charge in [0, 0.05) is 79.6 Å². The number of amides is 1. The van der Waals surface area contributed by atoms with Crippen LogP contribution >= 0.6 is 0 Å². The zero-order chi connectivity index (χ0) is 49.2. The third-order valence-electron chi connectivity index (χ3n) is 10.1. The number of likely N-dealkylation sites (N-methyl/N-ethyl adjacent to an activating group) is 1. The van der Waals surface area contributed by atoms with E-state index < -0.39 is 35.8 Å². The third-order valence-corrected chi connectivity index (χ3v) is 10.1. The molecule has 23 nitrogen and oxygen atoms in total. The van der Waals surface area contributed by atoms with Crippen molar-refractivity contribution < 1.29 is 73.4 Å². The average Bonchev–Trinajstić information content (AvgIpc) is 3.92. The van der Waals surface area contributed by atoms with Gasteiger partial charge in [-0.1, -0.05) is 24.3 Å². The number of carbonyl (C=O) groups is 7. The molecule has 2 aromatic carbocycles. The van der Waals surface area contributed by atoms with Crippen molar-refractivity contribution in [3.05, 3.63) is 97.1 Å². The maximum atomic E-state index is 13.0. The summed E-state index contributed by atoms with van der Waals surface area (Å²) >= 11 is 0. The second-order valence-electron chi connectivity index (χ2n) is 14.6. The summed E-state index contributed by atoms with van der Waals surface area (Å²) in [4.78, 5) is 84.3. The second kappa shape index (κ2) is 24.6. The van der Waals surface area contributed by atoms with Gasteiger partial charge in [0.15, 0.2) is 11.4 Å². The van der Waals surface area contributed by atoms with Gasteiger partial charge in [-0.15, -0.1) is 0 Å². The van der Waals surface area contributed by atoms with E-state index in [1.807, 2.05) is 41.1 Å². The fourth-order valence-electron chi connectivity index (χ4n) is 6.95. The van der Waals surface area contributed by atoms with Crippen molar-refractivity contribution in [1.29, 1.82) is 0 Å². The zero-order valence-electron chi connectivity index (χ0n) is 36.1. The molecule has 5 aromatic rings. The lowest BCUT2D eigenvalue weighted by atomic mass is 9.90. The number of hydrogen-bond donors (Lipinski definition) is 8. The van der Waals surface area contributed by atoms with Gasteiger partial charge < -0.3 is 55.7 Å². The Bertz CT molecular complexity index is 2510. The highest BCUT2D eigenvalue weighted by molar-refractivity contribution is 6.06. The number of nitrogens with one attached hydrogen (secondary N) is 1. The molecule has 2 fully saturated rings. The molecule has 0 unspecified atom stereocenters. The number of carboxylic acids is 6. The van der Waals surface area contributed by atoms with E-state index in [1.54, 1.807) is 19.2 Å². The van der Waals surface area contributed by atoms with Gasteiger partial charge in [-0.05, 0) is 57.0 Å². The lowest BCUT2D eigenvalue weighted by Crippen LogP contribution is -2.49. The molecule has 1 aliphatic carbocycles. The monoisotopic (exact) mass is 928 g/mol. The molecule has 1 amide bonds. The van der Waals surface area contributed by atoms with Crippen LogP contribution in [0.25, 0.3) is 33.3 Å². The minimum atomic E-state index is -1.26. The van der Waals surface area contributed by atoms with Gasteiger partial charge in [0.05, 0.1) is 24.2 Å². The van der Waals surface area contributed by atoms with Crippen molar-refractivity contribution in [2.24, 2.45) is 0 Å². The maximum absolute atomic E-state index is 13.0. The van der Waals surface area contributed by atoms with Crippen molar-refractivity contribution in [3.63, 3.8) is 0 Å². The minimum absolute atomic E-state index is 0.226. The number of methoxy groups -OCH3 is 1. The van der Waals surface area contributed by atoms with Gasteiger partial charge >= 0.3 is 35.8 Å². The Balaban J connectivity index is 0.000000336. The second-order valence-corrected chi connectivity index (χ2v) is 14.6. The Morgan fingerprint density at radius 3 is 1.75 bits per heavy atom. The molecule has 2 aliphatic rings. The minimum Gasteiger partial charge on any atom is -0.495 e. The number of nitrogens with zero attached hydrogens (tertiary/aromatic N) is 6. The van der Waals surface area contributed by atoms with Crippen LogP contribution in [0.2, 0.25) is 0 Å². The number of piperazine rings is 1. The van der Waals surface area contributed by atoms with Crippen molar-refractivity contribution in [1.82, 2.24) is 29.5 Å². The number of nitrogen functional groups attached to an aromatic ring is 1. The van der Waals surface area contributed by atoms with Crippen LogP contribution in [0, 0.1) is 0 Å². The zero-order valence-corrected chi connectivity index (χ0v) is 36.1. The molecule has 1 saturated carbocycles. The molecule has 67 heavy (non-hydrogen) atoms. The molecular weight excluding hydrogens is 881 g/mol. The van der Waals surface area contributed by atoms with Crippen LogP contribution < -0.4 is 15.8 Å². The highest BCUT2D eigenvalue weighted by atomic mass is 16.5. The lowest BCUT2D eigenvalue weighted by molar-refractivity contribution is -0.134. The molecule has 0 bridgehead atoms. The topological polar surface area (TPSA) is 351 Å². The van der Waals surface area contributed by atoms with Crippen molar-refractivity contribution in [2.45, 2.75) is 37.8 Å². The number of ether oxygens (including phenoxy) is 1. The van der Waals surface area contributed by atoms with Gasteiger partial charge in [-0.25, -0.2) is 43.4 Å². The number of aromatic nitrogens is 4. The smallest absolute Gasteiger partial charge is 0.328 e. The first kappa shape index (κ1) is 51.2. The summed E-state index contributed by atoms with van der Waals surface area (Å²) in [7, 11) is 3.77. The summed E-state index contributed by atoms with van der Waals surface area (Å²) in [6.07, 6.45) is 9.20. The number of fused-ring (bicyclic) bond motifs is 2. The molecule has 4 heterocycles. The number of furan rings is 1. The van der Waals surface area contributed by atoms with Crippen LogP contribution in [0.3, 0.4) is 0 Å². The Kier molecular flexibility index (Phi) is 18.8. The Morgan fingerprint density at radius 1 is 0.716 bits per heavy atom. The van der Waals surface area contributed by atoms with Gasteiger partial charge in [-0.2, -0.15) is 5.10 Å². The highest BCUT2D eigenvalue weighted by Crippen LogP contribution is 2.39. The van der Waals surface area contributed by atoms with Crippen LogP contribution in [0.15, 0.2) is 95.7 Å². The first-order valence-corrected chi connectivity index (χ1v) is 20.2. The van der Waals surface area contributed by atoms with E-state index in [0.29, 0.717) is 71.0 Å². The predicted molar refractivity (Wildman–Crippen MR) is 239 cm³/mol. The van der Waals surface area contributed by atoms with Gasteiger partial charge in [-0.3, -0.25) is 9.69 Å². The number of aliphatic carboxylic acids is 6. The molecule has 23 heteroatoms. The summed E-state index contributed by atoms with van der Waals surface area (Å²) < 4.78 is 13.5. The normalized spacial score (nSPS) is 16.3. The molecule has 0 spiro atoms. The van der Waals surface area contributed by atoms with Crippen molar-refractivity contribution in [2.75, 3.05) is 51.4 Å². The molecule has 0 atom stereocenters. The Labute approximate surface area is 380 Å². The third kappa shape index (κ3) is 15.6. The number of benzene rings is 2. The van der Waals surface area contributed by atoms with Crippen molar-refractivity contribution >= 4 is 75.2 Å². The summed E-state index contributed by atoms with van der Waals surface area (Å²) in [6.45, 7) is 4.55. The molecule has 3 aromatic heterocycles. The molecular formula is C44H48N8O15. The number of anilines is 2. The van der Waals surface area contributed by atoms with E-state index in [0.717, 1.165) is 73.8 Å². The van der Waals surface area contributed by atoms with Crippen LogP contribution in [-0.4, -0.2) is 148 Å². The molecule has 0 radical (unpaired) electrons. The van der Waals surface area contributed by atoms with Gasteiger partial charge in [0.2, 0.25) is 0 Å². The fraction of sp³-hybridized carbons (Fsp3) is 0.273. The van der Waals surface area contributed by atoms with E-state index >= 15 is 0 Å². The van der Waals surface area contributed by atoms with E-state index in [2.05, 4.69) is 32.1 Å². The number of hydrogen-bond acceptors (Lipinski definition) is 15. The largest absolute Gasteiger partial charge is 0.495 e. The Hall–Kier alpha value is -8.44. The van der Waals surface area contributed by atoms with E-state index in [1.165, 1.54) is 6.33 Å². The first-order valence-electron chi connectivity index (χ1n) is 20.2. The SMILES string of the molecule is COc1cc(-c2nn(C3CCC(N4CCN(C)CC4)CC3)c3ncnc(N)c23)ccc1NC(=O)c1cc2ccccc2o1.O=C(O)/C=C\C(=O)O.O=C(O)/C=C\C(=O)O.O=C(O)/C=C\C(=O)O. The molecule has 1 saturated heterocycles. The summed E-state index contributed by atoms with van der Waals surface area (Å²) in [5.41, 5.74) is 9.83. The van der Waals surface area contributed by atoms with E-state index in [4.69, 9.17) is 50.6 Å². The highest BCUT2D eigenvalue weighted by Gasteiger charge is 2.31. The lowest BCUT2D eigenvalue weighted by Gasteiger charge is -2.41. The summed E-state index contributed by atoms with van der Waals surface area (Å²) in [5.74, 6) is -6.79. The standard InChI is InChI=1S/C32H36N8O3.3C4H4O4/c1-38-13-15-39(16-14-38)22-8-10-23(11-9-22)40-31-28(30(33)34-19-35-31)29(37-40)21-7-12-24(26(18-21)42-2)36-32(41)27-17-20-5-3-4-6-25(20)43-27;3*5-3(6)1-2-4(7)8/h3-7,12,17-19,22-23H,8-11,13-16H2,1-2H3,(H,36,41)(H2,33,34,35);3*1-2H,(H,5,6)(H,7,8)/b;3*2-1-. The average molecular weight is 929 g/mol. The van der Waals surface area contributed by atoms with E-state index in [-0.39, 0.29) is 17.7 Å². The Morgan fingerprint density at radius 2 is 1.24 bits per heavy atom. The fourth-order valence-corrected chi connectivity index (χ4v) is 6.95. The van der Waals surface area contributed by atoms with E-state index in [9.17, 15) is 33.6 Å². The summed E-state index contributed by atoms with van der Waals surface area (Å²) in [5, 5.41) is 56.5. The van der Waals surface area contributed by atoms with Gasteiger partial charge in [0.1, 0.15) is 29.2 Å². The van der Waals surface area contributed by atoms with Crippen molar-refractivity contribution in [3.8, 4) is 17.0 Å². The first-order chi connectivity index (χ1) is 31.9. The number of para-hydroxylation sites is 1. The van der Waals surface area contributed by atoms with Crippen LogP contribution in [0.5, 0.6) is 5.75 Å². The molecule has 354 valence electrons. The van der Waals surface area contributed by atoms with Crippen LogP contribution in [0.4, 0.5) is 11.5 Å². The molecule has 7 rings (SSSR count). The predicted octanol–water partition coefficient (Wildman–Crippen LogP) is 3.95. The number of carbonyl (C=O) groups excluding carboxylic acids is 1. The van der Waals surface area contributed by atoms with Crippen LogP contribution in [-0.2, 0) is 28.8 Å². The number of rotatable bonds is 12.